The van der Waals surface area contributed by atoms with Gasteiger partial charge < -0.3 is 4.74 Å². The van der Waals surface area contributed by atoms with Crippen LogP contribution in [-0.2, 0) is 14.6 Å². The van der Waals surface area contributed by atoms with Crippen molar-refractivity contribution in [2.24, 2.45) is 5.92 Å². The van der Waals surface area contributed by atoms with Crippen molar-refractivity contribution >= 4 is 32.4 Å². The number of sulfone groups is 1. The summed E-state index contributed by atoms with van der Waals surface area (Å²) in [5, 5.41) is 0. The number of hydrogen-bond donors (Lipinski definition) is 0. The van der Waals surface area contributed by atoms with Crippen LogP contribution in [0.25, 0.3) is 0 Å². The predicted octanol–water partition coefficient (Wildman–Crippen LogP) is 2.18. The fourth-order valence-electron chi connectivity index (χ4n) is 2.65. The standard InChI is InChI=1S/C11H19IO3S/c1-8-3-2-4-9(5-8)15-11-7-16(13,14)6-10(11)12/h8-11H,2-7H2,1H3. The van der Waals surface area contributed by atoms with E-state index in [0.29, 0.717) is 11.9 Å². The highest BCUT2D eigenvalue weighted by molar-refractivity contribution is 14.1. The van der Waals surface area contributed by atoms with Crippen LogP contribution in [0.4, 0.5) is 0 Å². The van der Waals surface area contributed by atoms with Crippen LogP contribution in [0, 0.1) is 5.92 Å². The molecule has 0 N–H and O–H groups in total. The largest absolute Gasteiger partial charge is 0.373 e. The molecule has 0 spiro atoms. The predicted molar refractivity (Wildman–Crippen MR) is 72.8 cm³/mol. The fourth-order valence-corrected chi connectivity index (χ4v) is 6.71. The quantitative estimate of drug-likeness (QED) is 0.561. The summed E-state index contributed by atoms with van der Waals surface area (Å²) in [6, 6.07) is 0. The van der Waals surface area contributed by atoms with Crippen molar-refractivity contribution in [3.05, 3.63) is 0 Å². The second-order valence-electron chi connectivity index (χ2n) is 5.16. The minimum absolute atomic E-state index is 0.0686. The molecule has 94 valence electrons. The van der Waals surface area contributed by atoms with E-state index >= 15 is 0 Å². The van der Waals surface area contributed by atoms with Crippen LogP contribution >= 0.6 is 22.6 Å². The summed E-state index contributed by atoms with van der Waals surface area (Å²) in [6.45, 7) is 2.25. The van der Waals surface area contributed by atoms with E-state index in [4.69, 9.17) is 4.74 Å². The van der Waals surface area contributed by atoms with Crippen molar-refractivity contribution in [1.29, 1.82) is 0 Å². The molecule has 0 radical (unpaired) electrons. The first-order valence-electron chi connectivity index (χ1n) is 5.96. The third-order valence-corrected chi connectivity index (χ3v) is 7.03. The Morgan fingerprint density at radius 1 is 1.25 bits per heavy atom. The molecule has 2 aliphatic rings. The highest BCUT2D eigenvalue weighted by atomic mass is 127. The lowest BCUT2D eigenvalue weighted by Gasteiger charge is -2.29. The molecule has 5 heteroatoms. The van der Waals surface area contributed by atoms with E-state index in [1.165, 1.54) is 12.8 Å². The molecule has 1 aliphatic heterocycles. The molecule has 16 heavy (non-hydrogen) atoms. The second kappa shape index (κ2) is 5.10. The summed E-state index contributed by atoms with van der Waals surface area (Å²) in [4.78, 5) is 0. The van der Waals surface area contributed by atoms with E-state index in [2.05, 4.69) is 29.5 Å². The van der Waals surface area contributed by atoms with E-state index in [-0.39, 0.29) is 15.8 Å². The van der Waals surface area contributed by atoms with Gasteiger partial charge in [0.15, 0.2) is 9.84 Å². The van der Waals surface area contributed by atoms with Crippen LogP contribution in [0.1, 0.15) is 32.6 Å². The van der Waals surface area contributed by atoms with E-state index in [0.717, 1.165) is 18.8 Å². The lowest BCUT2D eigenvalue weighted by atomic mass is 9.88. The highest BCUT2D eigenvalue weighted by Gasteiger charge is 2.38. The summed E-state index contributed by atoms with van der Waals surface area (Å²) in [7, 11) is -2.84. The number of ether oxygens (including phenoxy) is 1. The van der Waals surface area contributed by atoms with Crippen LogP contribution in [0.3, 0.4) is 0 Å². The van der Waals surface area contributed by atoms with E-state index < -0.39 is 9.84 Å². The third kappa shape index (κ3) is 3.32. The molecule has 0 amide bonds. The maximum absolute atomic E-state index is 11.5. The average Bonchev–Trinajstić information content (AvgIpc) is 2.39. The molecule has 2 rings (SSSR count). The Morgan fingerprint density at radius 2 is 2.00 bits per heavy atom. The van der Waals surface area contributed by atoms with Crippen molar-refractivity contribution < 1.29 is 13.2 Å². The van der Waals surface area contributed by atoms with Gasteiger partial charge >= 0.3 is 0 Å². The summed E-state index contributed by atoms with van der Waals surface area (Å²) in [5.41, 5.74) is 0. The molecule has 0 aromatic carbocycles. The maximum Gasteiger partial charge on any atom is 0.154 e. The minimum Gasteiger partial charge on any atom is -0.373 e. The molecule has 1 saturated carbocycles. The van der Waals surface area contributed by atoms with E-state index in [1.807, 2.05) is 0 Å². The molecule has 1 aliphatic carbocycles. The maximum atomic E-state index is 11.5. The average molecular weight is 358 g/mol. The molecule has 0 aromatic heterocycles. The van der Waals surface area contributed by atoms with Gasteiger partial charge in [-0.3, -0.25) is 0 Å². The van der Waals surface area contributed by atoms with Crippen molar-refractivity contribution in [3.8, 4) is 0 Å². The van der Waals surface area contributed by atoms with Gasteiger partial charge in [0.2, 0.25) is 0 Å². The Balaban J connectivity index is 1.90. The summed E-state index contributed by atoms with van der Waals surface area (Å²) in [5.74, 6) is 1.25. The van der Waals surface area contributed by atoms with Crippen molar-refractivity contribution in [1.82, 2.24) is 0 Å². The van der Waals surface area contributed by atoms with Gasteiger partial charge in [0.1, 0.15) is 0 Å². The first-order valence-corrected chi connectivity index (χ1v) is 9.03. The molecule has 4 unspecified atom stereocenters. The zero-order valence-corrected chi connectivity index (χ0v) is 12.5. The van der Waals surface area contributed by atoms with Crippen LogP contribution < -0.4 is 0 Å². The summed E-state index contributed by atoms with van der Waals surface area (Å²) < 4.78 is 29.1. The topological polar surface area (TPSA) is 43.4 Å². The molecule has 0 aromatic rings. The van der Waals surface area contributed by atoms with Crippen molar-refractivity contribution in [2.45, 2.75) is 48.7 Å². The van der Waals surface area contributed by atoms with Gasteiger partial charge in [-0.05, 0) is 18.8 Å². The molecule has 0 bridgehead atoms. The van der Waals surface area contributed by atoms with Gasteiger partial charge in [-0.25, -0.2) is 8.42 Å². The molecule has 3 nitrogen and oxygen atoms in total. The number of alkyl halides is 1. The molecule has 4 atom stereocenters. The fraction of sp³-hybridized carbons (Fsp3) is 1.00. The Hall–Kier alpha value is 0.640. The number of halogens is 1. The normalized spacial score (nSPS) is 43.4. The molecule has 2 fully saturated rings. The Morgan fingerprint density at radius 3 is 2.56 bits per heavy atom. The smallest absolute Gasteiger partial charge is 0.154 e. The van der Waals surface area contributed by atoms with E-state index in [1.54, 1.807) is 0 Å². The Labute approximate surface area is 111 Å². The van der Waals surface area contributed by atoms with Gasteiger partial charge in [0.25, 0.3) is 0 Å². The zero-order valence-electron chi connectivity index (χ0n) is 9.56. The van der Waals surface area contributed by atoms with Crippen molar-refractivity contribution in [2.75, 3.05) is 11.5 Å². The SMILES string of the molecule is CC1CCCC(OC2CS(=O)(=O)CC2I)C1. The Bertz CT molecular complexity index is 341. The van der Waals surface area contributed by atoms with Crippen LogP contribution in [-0.4, -0.2) is 36.1 Å². The number of hydrogen-bond acceptors (Lipinski definition) is 3. The van der Waals surface area contributed by atoms with E-state index in [9.17, 15) is 8.42 Å². The van der Waals surface area contributed by atoms with Gasteiger partial charge in [0.05, 0.1) is 27.6 Å². The first kappa shape index (κ1) is 13.1. The van der Waals surface area contributed by atoms with Gasteiger partial charge in [-0.15, -0.1) is 0 Å². The van der Waals surface area contributed by atoms with Gasteiger partial charge in [0, 0.05) is 0 Å². The number of rotatable bonds is 2. The third-order valence-electron chi connectivity index (χ3n) is 3.49. The van der Waals surface area contributed by atoms with Crippen molar-refractivity contribution in [3.63, 3.8) is 0 Å². The molecule has 1 saturated heterocycles. The summed E-state index contributed by atoms with van der Waals surface area (Å²) >= 11 is 2.22. The van der Waals surface area contributed by atoms with Gasteiger partial charge in [-0.1, -0.05) is 42.4 Å². The second-order valence-corrected chi connectivity index (χ2v) is 8.91. The molecule has 1 heterocycles. The highest BCUT2D eigenvalue weighted by Crippen LogP contribution is 2.30. The molecular weight excluding hydrogens is 339 g/mol. The lowest BCUT2D eigenvalue weighted by molar-refractivity contribution is -0.0227. The summed E-state index contributed by atoms with van der Waals surface area (Å²) in [6.07, 6.45) is 4.93. The lowest BCUT2D eigenvalue weighted by Crippen LogP contribution is -2.31. The first-order chi connectivity index (χ1) is 7.46. The van der Waals surface area contributed by atoms with Gasteiger partial charge in [-0.2, -0.15) is 0 Å². The zero-order chi connectivity index (χ0) is 11.8. The van der Waals surface area contributed by atoms with Crippen LogP contribution in [0.5, 0.6) is 0 Å². The minimum atomic E-state index is -2.84. The van der Waals surface area contributed by atoms with Crippen LogP contribution in [0.15, 0.2) is 0 Å². The molecular formula is C11H19IO3S. The Kier molecular flexibility index (Phi) is 4.17. The van der Waals surface area contributed by atoms with Crippen LogP contribution in [0.2, 0.25) is 0 Å². The monoisotopic (exact) mass is 358 g/mol.